The van der Waals surface area contributed by atoms with E-state index in [-0.39, 0.29) is 1.43 Å². The topological polar surface area (TPSA) is 0 Å². The normalized spacial score (nSPS) is 9.60. The van der Waals surface area contributed by atoms with Crippen LogP contribution in [0.3, 0.4) is 0 Å². The summed E-state index contributed by atoms with van der Waals surface area (Å²) in [6, 6.07) is 0. The summed E-state index contributed by atoms with van der Waals surface area (Å²) >= 11 is 1.86. The minimum Gasteiger partial charge on any atom is 1.00 e. The minimum atomic E-state index is 0. The molecule has 0 aliphatic heterocycles. The van der Waals surface area contributed by atoms with E-state index in [1.165, 1.54) is 10.4 Å². The molecule has 1 heteroatoms. The van der Waals surface area contributed by atoms with Crippen molar-refractivity contribution in [3.8, 4) is 0 Å². The van der Waals surface area contributed by atoms with E-state index in [2.05, 4.69) is 13.8 Å². The van der Waals surface area contributed by atoms with Gasteiger partial charge in [0.25, 0.3) is 0 Å². The molecule has 0 amide bonds. The fraction of sp³-hybridized carbons (Fsp3) is 0.750. The summed E-state index contributed by atoms with van der Waals surface area (Å²) in [4.78, 5) is 0. The van der Waals surface area contributed by atoms with Crippen LogP contribution in [0.4, 0.5) is 0 Å². The Morgan fingerprint density at radius 1 is 1.80 bits per heavy atom. The molecule has 0 saturated carbocycles. The maximum atomic E-state index is 2.15. The van der Waals surface area contributed by atoms with Crippen LogP contribution in [-0.2, 0) is 0 Å². The van der Waals surface area contributed by atoms with Gasteiger partial charge in [0.1, 0.15) is 0 Å². The van der Waals surface area contributed by atoms with E-state index in [0.717, 1.165) is 0 Å². The second kappa shape index (κ2) is 3.00. The molecule has 0 aromatic carbocycles. The van der Waals surface area contributed by atoms with Crippen LogP contribution in [0, 0.1) is 5.92 Å². The monoisotopic (exact) mass is 188 g/mol. The second-order valence-corrected chi connectivity index (χ2v) is 2.27. The molecule has 0 fully saturated rings. The van der Waals surface area contributed by atoms with E-state index >= 15 is 0 Å². The van der Waals surface area contributed by atoms with Gasteiger partial charge in [-0.1, -0.05) is 0 Å². The van der Waals surface area contributed by atoms with Gasteiger partial charge in [0.05, 0.1) is 0 Å². The smallest absolute Gasteiger partial charge is 1.00 e. The minimum absolute atomic E-state index is 0. The average molecular weight is 186 g/mol. The van der Waals surface area contributed by atoms with Crippen molar-refractivity contribution in [2.45, 2.75) is 18.3 Å². The summed E-state index contributed by atoms with van der Waals surface area (Å²) < 4.78 is 1.27. The third-order valence-corrected chi connectivity index (χ3v) is 2.12. The fourth-order valence-corrected chi connectivity index (χ4v) is 0. The summed E-state index contributed by atoms with van der Waals surface area (Å²) in [5.74, 6) is 1.53. The van der Waals surface area contributed by atoms with E-state index in [4.69, 9.17) is 0 Å². The van der Waals surface area contributed by atoms with Gasteiger partial charge in [-0.2, -0.15) is 0 Å². The van der Waals surface area contributed by atoms with Crippen LogP contribution < -0.4 is 0 Å². The molecule has 0 aromatic heterocycles. The van der Waals surface area contributed by atoms with E-state index in [1.807, 2.05) is 22.3 Å². The summed E-state index contributed by atoms with van der Waals surface area (Å²) in [5, 5.41) is 0. The van der Waals surface area contributed by atoms with Gasteiger partial charge in [-0.25, -0.2) is 0 Å². The molecule has 0 nitrogen and oxygen atoms in total. The Morgan fingerprint density at radius 3 is 2.00 bits per heavy atom. The summed E-state index contributed by atoms with van der Waals surface area (Å²) in [5.41, 5.74) is 0. The third-order valence-electron chi connectivity index (χ3n) is 0.316. The van der Waals surface area contributed by atoms with Gasteiger partial charge < -0.3 is 0 Å². The van der Waals surface area contributed by atoms with Crippen LogP contribution in [0.1, 0.15) is 15.3 Å². The van der Waals surface area contributed by atoms with E-state index < -0.39 is 0 Å². The first-order valence-corrected chi connectivity index (χ1v) is 3.47. The molecule has 0 rings (SSSR count). The zero-order valence-corrected chi connectivity index (χ0v) is 6.21. The van der Waals surface area contributed by atoms with Crippen LogP contribution in [0.5, 0.6) is 0 Å². The molecule has 31 valence electrons. The first kappa shape index (κ1) is 5.79. The molecule has 0 N–H and O–H groups in total. The van der Waals surface area contributed by atoms with Crippen molar-refractivity contribution >= 4 is 22.3 Å². The van der Waals surface area contributed by atoms with Gasteiger partial charge in [0.2, 0.25) is 0 Å². The fourth-order valence-electron chi connectivity index (χ4n) is 0. The Hall–Kier alpha value is 0.790. The molecule has 0 atom stereocenters. The van der Waals surface area contributed by atoms with Crippen LogP contribution in [0.15, 0.2) is 0 Å². The molecule has 0 aromatic rings. The third kappa shape index (κ3) is 4.79. The molecular formula is C4H10Te+. The van der Waals surface area contributed by atoms with Gasteiger partial charge in [0, 0.05) is 0 Å². The maximum absolute atomic E-state index is 2.15. The van der Waals surface area contributed by atoms with Crippen molar-refractivity contribution in [1.29, 1.82) is 0 Å². The molecule has 0 unspecified atom stereocenters. The van der Waals surface area contributed by atoms with Gasteiger partial charge in [-0.3, -0.25) is 0 Å². The molecule has 0 heterocycles. The largest absolute Gasteiger partial charge is 1.00 e. The van der Waals surface area contributed by atoms with Crippen molar-refractivity contribution in [2.24, 2.45) is 0 Å². The predicted molar refractivity (Wildman–Crippen MR) is 27.7 cm³/mol. The van der Waals surface area contributed by atoms with Crippen molar-refractivity contribution in [2.75, 3.05) is 0 Å². The van der Waals surface area contributed by atoms with Crippen molar-refractivity contribution in [3.05, 3.63) is 5.92 Å². The summed E-state index contributed by atoms with van der Waals surface area (Å²) in [7, 11) is 0. The Kier molecular flexibility index (Phi) is 3.47. The zero-order chi connectivity index (χ0) is 4.28. The summed E-state index contributed by atoms with van der Waals surface area (Å²) in [6.45, 7) is 4.30. The molecule has 0 saturated heterocycles. The van der Waals surface area contributed by atoms with Crippen molar-refractivity contribution in [3.63, 3.8) is 0 Å². The van der Waals surface area contributed by atoms with Crippen molar-refractivity contribution < 1.29 is 1.43 Å². The molecule has 0 bridgehead atoms. The molecule has 0 spiro atoms. The maximum Gasteiger partial charge on any atom is 1.00 e. The van der Waals surface area contributed by atoms with Crippen LogP contribution in [-0.4, -0.2) is 22.3 Å². The predicted octanol–water partition coefficient (Wildman–Crippen LogP) is 1.03. The molecule has 0 aliphatic rings. The average Bonchev–Trinajstić information content (AvgIpc) is 1.38. The SMILES string of the molecule is C[C](C)C[TeH].[H+]. The van der Waals surface area contributed by atoms with Crippen LogP contribution in [0.2, 0.25) is 4.47 Å². The van der Waals surface area contributed by atoms with Gasteiger partial charge in [0.15, 0.2) is 0 Å². The van der Waals surface area contributed by atoms with Gasteiger partial charge in [-0.15, -0.1) is 0 Å². The molecule has 5 heavy (non-hydrogen) atoms. The quantitative estimate of drug-likeness (QED) is 0.536. The van der Waals surface area contributed by atoms with Gasteiger partial charge in [-0.05, 0) is 0 Å². The molecular weight excluding hydrogens is 176 g/mol. The standard InChI is InChI=1S/C4H9Te/c1-4(2)3-5/h5H,3H2,1-2H3/p+1. The van der Waals surface area contributed by atoms with Crippen LogP contribution in [0.25, 0.3) is 0 Å². The molecule has 0 aliphatic carbocycles. The first-order chi connectivity index (χ1) is 2.27. The summed E-state index contributed by atoms with van der Waals surface area (Å²) in [6.07, 6.45) is 0. The number of hydrogen-bond donors (Lipinski definition) is 0. The van der Waals surface area contributed by atoms with E-state index in [0.29, 0.717) is 0 Å². The zero-order valence-electron chi connectivity index (χ0n) is 4.65. The van der Waals surface area contributed by atoms with Crippen molar-refractivity contribution in [1.82, 2.24) is 0 Å². The first-order valence-electron chi connectivity index (χ1n) is 1.67. The number of hydrogen-bond acceptors (Lipinski definition) is 0. The van der Waals surface area contributed by atoms with E-state index in [9.17, 15) is 0 Å². The van der Waals surface area contributed by atoms with Gasteiger partial charge >= 0.3 is 48.0 Å². The Balaban J connectivity index is 0. The van der Waals surface area contributed by atoms with Crippen LogP contribution >= 0.6 is 0 Å². The molecule has 1 radical (unpaired) electrons. The Labute approximate surface area is 48.3 Å². The van der Waals surface area contributed by atoms with E-state index in [1.54, 1.807) is 0 Å². The number of rotatable bonds is 1. The Morgan fingerprint density at radius 2 is 2.00 bits per heavy atom. The Bertz CT molecular complexity index is 21.5. The second-order valence-electron chi connectivity index (χ2n) is 1.37.